The molecule has 0 saturated carbocycles. The van der Waals surface area contributed by atoms with Crippen molar-refractivity contribution in [1.29, 1.82) is 0 Å². The zero-order valence-electron chi connectivity index (χ0n) is 7.10. The maximum Gasteiger partial charge on any atom is 0.0488 e. The third-order valence-corrected chi connectivity index (χ3v) is 3.81. The second-order valence-electron chi connectivity index (χ2n) is 2.97. The SMILES string of the molecule is Cc1cc2cc(Br)cc(CCl)c2s1. The van der Waals surface area contributed by atoms with Crippen molar-refractivity contribution in [3.8, 4) is 0 Å². The highest BCUT2D eigenvalue weighted by Gasteiger charge is 2.05. The molecule has 0 bridgehead atoms. The summed E-state index contributed by atoms with van der Waals surface area (Å²) in [5.41, 5.74) is 1.21. The van der Waals surface area contributed by atoms with E-state index in [1.165, 1.54) is 20.5 Å². The quantitative estimate of drug-likeness (QED) is 0.661. The molecule has 0 saturated heterocycles. The number of fused-ring (bicyclic) bond motifs is 1. The third kappa shape index (κ3) is 1.76. The Morgan fingerprint density at radius 2 is 2.15 bits per heavy atom. The fraction of sp³-hybridized carbons (Fsp3) is 0.200. The van der Waals surface area contributed by atoms with E-state index in [1.54, 1.807) is 11.3 Å². The van der Waals surface area contributed by atoms with E-state index in [-0.39, 0.29) is 0 Å². The summed E-state index contributed by atoms with van der Waals surface area (Å²) in [6.45, 7) is 2.12. The van der Waals surface area contributed by atoms with Crippen molar-refractivity contribution in [2.75, 3.05) is 0 Å². The average Bonchev–Trinajstić information content (AvgIpc) is 2.43. The number of alkyl halides is 1. The highest BCUT2D eigenvalue weighted by Crippen LogP contribution is 2.32. The topological polar surface area (TPSA) is 0 Å². The van der Waals surface area contributed by atoms with Crippen LogP contribution in [-0.2, 0) is 5.88 Å². The van der Waals surface area contributed by atoms with E-state index in [2.05, 4.69) is 41.1 Å². The molecule has 2 aromatic rings. The minimum absolute atomic E-state index is 0.579. The molecular weight excluding hydrogens is 268 g/mol. The van der Waals surface area contributed by atoms with Crippen LogP contribution >= 0.6 is 38.9 Å². The van der Waals surface area contributed by atoms with Gasteiger partial charge in [0.1, 0.15) is 0 Å². The van der Waals surface area contributed by atoms with Crippen LogP contribution in [0.3, 0.4) is 0 Å². The smallest absolute Gasteiger partial charge is 0.0488 e. The highest BCUT2D eigenvalue weighted by atomic mass is 79.9. The predicted octanol–water partition coefficient (Wildman–Crippen LogP) is 4.71. The molecule has 0 fully saturated rings. The van der Waals surface area contributed by atoms with E-state index >= 15 is 0 Å². The molecule has 0 nitrogen and oxygen atoms in total. The van der Waals surface area contributed by atoms with Crippen molar-refractivity contribution in [2.24, 2.45) is 0 Å². The first-order chi connectivity index (χ1) is 6.20. The molecular formula is C10H8BrClS. The Morgan fingerprint density at radius 3 is 2.85 bits per heavy atom. The Balaban J connectivity index is 2.80. The van der Waals surface area contributed by atoms with Crippen molar-refractivity contribution < 1.29 is 0 Å². The number of thiophene rings is 1. The lowest BCUT2D eigenvalue weighted by atomic mass is 10.2. The van der Waals surface area contributed by atoms with Gasteiger partial charge in [-0.25, -0.2) is 0 Å². The van der Waals surface area contributed by atoms with Gasteiger partial charge in [-0.05, 0) is 36.1 Å². The van der Waals surface area contributed by atoms with Gasteiger partial charge in [-0.3, -0.25) is 0 Å². The molecule has 0 aliphatic heterocycles. The summed E-state index contributed by atoms with van der Waals surface area (Å²) in [6.07, 6.45) is 0. The lowest BCUT2D eigenvalue weighted by Gasteiger charge is -1.98. The van der Waals surface area contributed by atoms with Crippen molar-refractivity contribution in [3.05, 3.63) is 33.1 Å². The number of rotatable bonds is 1. The Labute approximate surface area is 94.7 Å². The van der Waals surface area contributed by atoms with E-state index in [4.69, 9.17) is 11.6 Å². The molecule has 0 N–H and O–H groups in total. The summed E-state index contributed by atoms with van der Waals surface area (Å²) < 4.78 is 2.42. The largest absolute Gasteiger partial charge is 0.140 e. The van der Waals surface area contributed by atoms with E-state index in [0.29, 0.717) is 5.88 Å². The summed E-state index contributed by atoms with van der Waals surface area (Å²) in [6, 6.07) is 6.42. The fourth-order valence-electron chi connectivity index (χ4n) is 1.41. The van der Waals surface area contributed by atoms with Gasteiger partial charge in [-0.1, -0.05) is 15.9 Å². The van der Waals surface area contributed by atoms with Crippen LogP contribution in [0.25, 0.3) is 10.1 Å². The molecule has 0 radical (unpaired) electrons. The van der Waals surface area contributed by atoms with Gasteiger partial charge in [-0.15, -0.1) is 22.9 Å². The van der Waals surface area contributed by atoms with Crippen molar-refractivity contribution in [2.45, 2.75) is 12.8 Å². The predicted molar refractivity (Wildman–Crippen MR) is 63.8 cm³/mol. The van der Waals surface area contributed by atoms with Gasteiger partial charge in [0.05, 0.1) is 0 Å². The van der Waals surface area contributed by atoms with Gasteiger partial charge in [0.2, 0.25) is 0 Å². The van der Waals surface area contributed by atoms with Gasteiger partial charge in [0.15, 0.2) is 0 Å². The van der Waals surface area contributed by atoms with E-state index in [0.717, 1.165) is 4.47 Å². The molecule has 2 rings (SSSR count). The van der Waals surface area contributed by atoms with Crippen molar-refractivity contribution in [3.63, 3.8) is 0 Å². The van der Waals surface area contributed by atoms with Crippen LogP contribution in [0.15, 0.2) is 22.7 Å². The molecule has 3 heteroatoms. The Bertz CT molecular complexity index is 447. The lowest BCUT2D eigenvalue weighted by Crippen LogP contribution is -1.77. The number of benzene rings is 1. The Morgan fingerprint density at radius 1 is 1.38 bits per heavy atom. The van der Waals surface area contributed by atoms with Crippen LogP contribution in [0.2, 0.25) is 0 Å². The molecule has 0 aliphatic carbocycles. The van der Waals surface area contributed by atoms with Crippen molar-refractivity contribution >= 4 is 49.0 Å². The first-order valence-corrected chi connectivity index (χ1v) is 6.09. The summed E-state index contributed by atoms with van der Waals surface area (Å²) in [5, 5.41) is 1.28. The maximum atomic E-state index is 5.87. The maximum absolute atomic E-state index is 5.87. The number of aryl methyl sites for hydroxylation is 1. The molecule has 0 unspecified atom stereocenters. The lowest BCUT2D eigenvalue weighted by molar-refractivity contribution is 1.46. The number of hydrogen-bond acceptors (Lipinski definition) is 1. The van der Waals surface area contributed by atoms with Crippen LogP contribution < -0.4 is 0 Å². The van der Waals surface area contributed by atoms with Crippen LogP contribution in [0.5, 0.6) is 0 Å². The average molecular weight is 276 g/mol. The second kappa shape index (κ2) is 3.60. The van der Waals surface area contributed by atoms with Gasteiger partial charge >= 0.3 is 0 Å². The minimum Gasteiger partial charge on any atom is -0.140 e. The van der Waals surface area contributed by atoms with Crippen LogP contribution in [-0.4, -0.2) is 0 Å². The molecule has 0 spiro atoms. The molecule has 1 heterocycles. The van der Waals surface area contributed by atoms with Gasteiger partial charge in [-0.2, -0.15) is 0 Å². The Kier molecular flexibility index (Phi) is 2.63. The highest BCUT2D eigenvalue weighted by molar-refractivity contribution is 9.10. The van der Waals surface area contributed by atoms with Gasteiger partial charge < -0.3 is 0 Å². The zero-order valence-corrected chi connectivity index (χ0v) is 10.3. The summed E-state index contributed by atoms with van der Waals surface area (Å²) in [5.74, 6) is 0.579. The number of hydrogen-bond donors (Lipinski definition) is 0. The van der Waals surface area contributed by atoms with E-state index in [1.807, 2.05) is 0 Å². The molecule has 0 amide bonds. The van der Waals surface area contributed by atoms with E-state index in [9.17, 15) is 0 Å². The van der Waals surface area contributed by atoms with Gasteiger partial charge in [0, 0.05) is 19.9 Å². The standard InChI is InChI=1S/C10H8BrClS/c1-6-2-7-3-9(11)4-8(5-12)10(7)13-6/h2-4H,5H2,1H3. The first-order valence-electron chi connectivity index (χ1n) is 3.95. The Hall–Kier alpha value is -0.0500. The number of halogens is 2. The summed E-state index contributed by atoms with van der Waals surface area (Å²) in [4.78, 5) is 1.33. The minimum atomic E-state index is 0.579. The first kappa shape index (κ1) is 9.50. The summed E-state index contributed by atoms with van der Waals surface area (Å²) >= 11 is 11.2. The van der Waals surface area contributed by atoms with Gasteiger partial charge in [0.25, 0.3) is 0 Å². The molecule has 68 valence electrons. The summed E-state index contributed by atoms with van der Waals surface area (Å²) in [7, 11) is 0. The molecule has 0 atom stereocenters. The molecule has 13 heavy (non-hydrogen) atoms. The van der Waals surface area contributed by atoms with Crippen LogP contribution in [0.1, 0.15) is 10.4 Å². The van der Waals surface area contributed by atoms with Crippen LogP contribution in [0.4, 0.5) is 0 Å². The monoisotopic (exact) mass is 274 g/mol. The fourth-order valence-corrected chi connectivity index (χ4v) is 3.23. The normalized spacial score (nSPS) is 11.0. The molecule has 1 aromatic heterocycles. The molecule has 1 aromatic carbocycles. The second-order valence-corrected chi connectivity index (χ2v) is 5.41. The van der Waals surface area contributed by atoms with Crippen molar-refractivity contribution in [1.82, 2.24) is 0 Å². The van der Waals surface area contributed by atoms with Crippen LogP contribution in [0, 0.1) is 6.92 Å². The van der Waals surface area contributed by atoms with E-state index < -0.39 is 0 Å². The zero-order chi connectivity index (χ0) is 9.42. The third-order valence-electron chi connectivity index (χ3n) is 1.93. The molecule has 0 aliphatic rings.